The molecule has 4 heterocycles. The number of para-hydroxylation sites is 3. The van der Waals surface area contributed by atoms with Gasteiger partial charge in [-0.3, -0.25) is 9.55 Å². The van der Waals surface area contributed by atoms with Gasteiger partial charge in [-0.25, -0.2) is 4.98 Å². The third-order valence-electron chi connectivity index (χ3n) is 8.15. The minimum atomic E-state index is 0.895. The van der Waals surface area contributed by atoms with Crippen LogP contribution < -0.4 is 0 Å². The molecule has 4 aromatic heterocycles. The largest absolute Gasteiger partial charge is 0.307 e. The highest BCUT2D eigenvalue weighted by Crippen LogP contribution is 2.45. The Labute approximate surface area is 229 Å². The van der Waals surface area contributed by atoms with Gasteiger partial charge in [-0.15, -0.1) is 0 Å². The van der Waals surface area contributed by atoms with E-state index < -0.39 is 0 Å². The highest BCUT2D eigenvalue weighted by Gasteiger charge is 2.25. The number of rotatable bonds is 2. The van der Waals surface area contributed by atoms with Crippen LogP contribution in [0.15, 0.2) is 134 Å². The Kier molecular flexibility index (Phi) is 4.30. The lowest BCUT2D eigenvalue weighted by Gasteiger charge is -2.13. The molecule has 5 aromatic carbocycles. The first-order valence-corrected chi connectivity index (χ1v) is 13.5. The first-order valence-electron chi connectivity index (χ1n) is 13.5. The lowest BCUT2D eigenvalue weighted by molar-refractivity contribution is 1.08. The maximum atomic E-state index is 5.03. The Bertz CT molecular complexity index is 2430. The maximum absolute atomic E-state index is 5.03. The molecule has 0 radical (unpaired) electrons. The molecular formula is C36H22N4. The predicted octanol–water partition coefficient (Wildman–Crippen LogP) is 8.98. The van der Waals surface area contributed by atoms with E-state index in [1.807, 2.05) is 18.5 Å². The second kappa shape index (κ2) is 8.01. The van der Waals surface area contributed by atoms with E-state index in [2.05, 4.69) is 124 Å². The van der Waals surface area contributed by atoms with E-state index in [0.29, 0.717) is 0 Å². The Hall–Kier alpha value is -5.48. The summed E-state index contributed by atoms with van der Waals surface area (Å²) in [6.45, 7) is 0. The average molecular weight is 511 g/mol. The van der Waals surface area contributed by atoms with Crippen molar-refractivity contribution >= 4 is 65.3 Å². The monoisotopic (exact) mass is 510 g/mol. The Morgan fingerprint density at radius 1 is 0.475 bits per heavy atom. The summed E-state index contributed by atoms with van der Waals surface area (Å²) in [5.74, 6) is 0.895. The van der Waals surface area contributed by atoms with Crippen molar-refractivity contribution in [3.05, 3.63) is 134 Å². The van der Waals surface area contributed by atoms with E-state index in [1.54, 1.807) is 0 Å². The van der Waals surface area contributed by atoms with Crippen LogP contribution in [0.25, 0.3) is 76.8 Å². The van der Waals surface area contributed by atoms with Crippen LogP contribution in [-0.4, -0.2) is 19.1 Å². The zero-order valence-corrected chi connectivity index (χ0v) is 21.5. The van der Waals surface area contributed by atoms with Crippen LogP contribution in [0.3, 0.4) is 0 Å². The number of aromatic nitrogens is 4. The quantitative estimate of drug-likeness (QED) is 0.233. The SMILES string of the molecule is c1ccc(-n2c3ccccc3c3c4cccnc4c4c5ccccc5n(-c5cc6ccccc6cn5)c4c32)cc1. The van der Waals surface area contributed by atoms with Gasteiger partial charge in [-0.2, -0.15) is 0 Å². The number of benzene rings is 5. The Morgan fingerprint density at radius 2 is 1.10 bits per heavy atom. The number of pyridine rings is 2. The molecule has 0 bridgehead atoms. The molecule has 40 heavy (non-hydrogen) atoms. The van der Waals surface area contributed by atoms with Gasteiger partial charge in [-0.05, 0) is 41.8 Å². The Morgan fingerprint density at radius 3 is 1.93 bits per heavy atom. The van der Waals surface area contributed by atoms with Gasteiger partial charge in [0, 0.05) is 50.4 Å². The predicted molar refractivity (Wildman–Crippen MR) is 166 cm³/mol. The lowest BCUT2D eigenvalue weighted by atomic mass is 10.0. The van der Waals surface area contributed by atoms with Gasteiger partial charge in [-0.1, -0.05) is 84.9 Å². The normalized spacial score (nSPS) is 12.0. The standard InChI is InChI=1S/C36H22N4/c1-2-13-25(14-3-1)39-29-18-8-6-15-26(29)32-28-17-10-20-37-34(28)33-27-16-7-9-19-30(27)40(36(33)35(32)39)31-21-23-11-4-5-12-24(23)22-38-31/h1-22H. The smallest absolute Gasteiger partial charge is 0.138 e. The van der Waals surface area contributed by atoms with Gasteiger partial charge < -0.3 is 4.57 Å². The van der Waals surface area contributed by atoms with Crippen LogP contribution in [0.2, 0.25) is 0 Å². The summed E-state index contributed by atoms with van der Waals surface area (Å²) in [6, 6.07) is 42.9. The molecule has 0 amide bonds. The number of nitrogens with zero attached hydrogens (tertiary/aromatic N) is 4. The zero-order valence-electron chi connectivity index (χ0n) is 21.5. The summed E-state index contributed by atoms with van der Waals surface area (Å²) < 4.78 is 4.75. The highest BCUT2D eigenvalue weighted by atomic mass is 15.1. The van der Waals surface area contributed by atoms with Gasteiger partial charge in [0.1, 0.15) is 5.82 Å². The summed E-state index contributed by atoms with van der Waals surface area (Å²) >= 11 is 0. The van der Waals surface area contributed by atoms with Gasteiger partial charge in [0.2, 0.25) is 0 Å². The van der Waals surface area contributed by atoms with Crippen molar-refractivity contribution in [1.82, 2.24) is 19.1 Å². The molecule has 0 saturated heterocycles. The van der Waals surface area contributed by atoms with Gasteiger partial charge in [0.05, 0.1) is 27.6 Å². The zero-order chi connectivity index (χ0) is 26.2. The third kappa shape index (κ3) is 2.79. The van der Waals surface area contributed by atoms with Crippen molar-refractivity contribution in [3.8, 4) is 11.5 Å². The van der Waals surface area contributed by atoms with Crippen LogP contribution in [0.5, 0.6) is 0 Å². The topological polar surface area (TPSA) is 35.6 Å². The second-order valence-electron chi connectivity index (χ2n) is 10.3. The first-order chi connectivity index (χ1) is 19.9. The molecule has 4 nitrogen and oxygen atoms in total. The minimum absolute atomic E-state index is 0.895. The summed E-state index contributed by atoms with van der Waals surface area (Å²) in [5.41, 5.74) is 6.70. The van der Waals surface area contributed by atoms with Crippen LogP contribution in [-0.2, 0) is 0 Å². The molecule has 0 spiro atoms. The summed E-state index contributed by atoms with van der Waals surface area (Å²) in [5, 5.41) is 8.19. The summed E-state index contributed by atoms with van der Waals surface area (Å²) in [6.07, 6.45) is 3.89. The molecular weight excluding hydrogens is 488 g/mol. The minimum Gasteiger partial charge on any atom is -0.307 e. The van der Waals surface area contributed by atoms with Gasteiger partial charge in [0.25, 0.3) is 0 Å². The third-order valence-corrected chi connectivity index (χ3v) is 8.15. The van der Waals surface area contributed by atoms with E-state index in [-0.39, 0.29) is 0 Å². The van der Waals surface area contributed by atoms with Crippen molar-refractivity contribution < 1.29 is 0 Å². The van der Waals surface area contributed by atoms with Gasteiger partial charge >= 0.3 is 0 Å². The van der Waals surface area contributed by atoms with Gasteiger partial charge in [0.15, 0.2) is 0 Å². The number of hydrogen-bond acceptors (Lipinski definition) is 2. The molecule has 0 saturated carbocycles. The number of fused-ring (bicyclic) bond motifs is 11. The highest BCUT2D eigenvalue weighted by molar-refractivity contribution is 6.35. The molecule has 9 rings (SSSR count). The lowest BCUT2D eigenvalue weighted by Crippen LogP contribution is -2.01. The van der Waals surface area contributed by atoms with E-state index in [1.165, 1.54) is 21.7 Å². The number of hydrogen-bond donors (Lipinski definition) is 0. The molecule has 0 fully saturated rings. The van der Waals surface area contributed by atoms with Crippen LogP contribution in [0.4, 0.5) is 0 Å². The molecule has 0 aliphatic carbocycles. The average Bonchev–Trinajstić information content (AvgIpc) is 3.55. The molecule has 0 N–H and O–H groups in total. The van der Waals surface area contributed by atoms with E-state index in [9.17, 15) is 0 Å². The van der Waals surface area contributed by atoms with Crippen molar-refractivity contribution in [2.75, 3.05) is 0 Å². The van der Waals surface area contributed by atoms with Crippen molar-refractivity contribution in [1.29, 1.82) is 0 Å². The van der Waals surface area contributed by atoms with Crippen molar-refractivity contribution in [2.45, 2.75) is 0 Å². The van der Waals surface area contributed by atoms with Crippen LogP contribution >= 0.6 is 0 Å². The molecule has 186 valence electrons. The fourth-order valence-electron chi connectivity index (χ4n) is 6.52. The molecule has 9 aromatic rings. The van der Waals surface area contributed by atoms with E-state index in [0.717, 1.165) is 55.1 Å². The second-order valence-corrected chi connectivity index (χ2v) is 10.3. The van der Waals surface area contributed by atoms with Crippen LogP contribution in [0.1, 0.15) is 0 Å². The fourth-order valence-corrected chi connectivity index (χ4v) is 6.52. The van der Waals surface area contributed by atoms with E-state index >= 15 is 0 Å². The summed E-state index contributed by atoms with van der Waals surface area (Å²) in [7, 11) is 0. The fraction of sp³-hybridized carbons (Fsp3) is 0. The summed E-state index contributed by atoms with van der Waals surface area (Å²) in [4.78, 5) is 10.0. The first kappa shape index (κ1) is 21.5. The molecule has 0 unspecified atom stereocenters. The molecule has 0 aliphatic rings. The van der Waals surface area contributed by atoms with Crippen LogP contribution in [0, 0.1) is 0 Å². The molecule has 0 atom stereocenters. The van der Waals surface area contributed by atoms with Crippen molar-refractivity contribution in [2.24, 2.45) is 0 Å². The van der Waals surface area contributed by atoms with E-state index in [4.69, 9.17) is 9.97 Å². The molecule has 4 heteroatoms. The maximum Gasteiger partial charge on any atom is 0.138 e. The molecule has 0 aliphatic heterocycles. The Balaban J connectivity index is 1.63. The van der Waals surface area contributed by atoms with Crippen molar-refractivity contribution in [3.63, 3.8) is 0 Å².